The summed E-state index contributed by atoms with van der Waals surface area (Å²) in [6, 6.07) is 1.48. The first-order valence-corrected chi connectivity index (χ1v) is 7.09. The number of pyridine rings is 1. The van der Waals surface area contributed by atoms with E-state index in [1.807, 2.05) is 0 Å². The van der Waals surface area contributed by atoms with Crippen molar-refractivity contribution in [1.82, 2.24) is 4.98 Å². The van der Waals surface area contributed by atoms with Crippen molar-refractivity contribution in [2.24, 2.45) is 0 Å². The Balaban J connectivity index is 3.15. The summed E-state index contributed by atoms with van der Waals surface area (Å²) >= 11 is 5.51. The molecule has 0 bridgehead atoms. The quantitative estimate of drug-likeness (QED) is 0.739. The van der Waals surface area contributed by atoms with Gasteiger partial charge in [-0.05, 0) is 12.1 Å². The molecule has 0 N–H and O–H groups in total. The lowest BCUT2D eigenvalue weighted by Crippen LogP contribution is -2.12. The highest BCUT2D eigenvalue weighted by atomic mass is 79.9. The second kappa shape index (κ2) is 4.61. The average molecular weight is 383 g/mol. The van der Waals surface area contributed by atoms with Gasteiger partial charge in [0.1, 0.15) is 0 Å². The van der Waals surface area contributed by atoms with Crippen molar-refractivity contribution in [2.75, 3.05) is 0 Å². The Morgan fingerprint density at radius 2 is 1.81 bits per heavy atom. The Hall–Kier alpha value is -0.150. The molecule has 16 heavy (non-hydrogen) atoms. The fourth-order valence-electron chi connectivity index (χ4n) is 0.808. The van der Waals surface area contributed by atoms with E-state index < -0.39 is 29.7 Å². The molecular formula is C7H4Br2F3NO2S. The molecule has 90 valence electrons. The van der Waals surface area contributed by atoms with Gasteiger partial charge in [-0.3, -0.25) is 0 Å². The zero-order valence-corrected chi connectivity index (χ0v) is 11.4. The van der Waals surface area contributed by atoms with E-state index in [1.54, 1.807) is 0 Å². The molecule has 0 aliphatic carbocycles. The van der Waals surface area contributed by atoms with Gasteiger partial charge in [0.25, 0.3) is 0 Å². The third-order valence-corrected chi connectivity index (χ3v) is 5.84. The first-order valence-electron chi connectivity index (χ1n) is 3.71. The molecule has 1 aromatic rings. The molecule has 0 fully saturated rings. The van der Waals surface area contributed by atoms with E-state index in [1.165, 1.54) is 0 Å². The molecule has 1 heterocycles. The fraction of sp³-hybridized carbons (Fsp3) is 0.286. The third kappa shape index (κ3) is 2.95. The summed E-state index contributed by atoms with van der Waals surface area (Å²) in [6.45, 7) is 0. The van der Waals surface area contributed by atoms with Gasteiger partial charge in [0.05, 0.1) is 5.56 Å². The Labute approximate surface area is 106 Å². The molecule has 9 heteroatoms. The lowest BCUT2D eigenvalue weighted by atomic mass is 10.3. The Bertz CT molecular complexity index is 469. The van der Waals surface area contributed by atoms with Crippen molar-refractivity contribution < 1.29 is 21.6 Å². The van der Waals surface area contributed by atoms with Gasteiger partial charge in [-0.1, -0.05) is 31.9 Å². The predicted octanol–water partition coefficient (Wildman–Crippen LogP) is 2.95. The maximum Gasteiger partial charge on any atom is 0.417 e. The minimum Gasteiger partial charge on any atom is -0.244 e. The van der Waals surface area contributed by atoms with E-state index in [9.17, 15) is 21.6 Å². The van der Waals surface area contributed by atoms with Crippen LogP contribution in [0.15, 0.2) is 23.4 Å². The van der Waals surface area contributed by atoms with Gasteiger partial charge < -0.3 is 0 Å². The van der Waals surface area contributed by atoms with Gasteiger partial charge in [0.15, 0.2) is 8.09 Å². The van der Waals surface area contributed by atoms with Crippen LogP contribution in [0.4, 0.5) is 13.2 Å². The van der Waals surface area contributed by atoms with Crippen LogP contribution in [0.2, 0.25) is 0 Å². The van der Waals surface area contributed by atoms with E-state index in [0.29, 0.717) is 12.3 Å². The first kappa shape index (κ1) is 13.9. The van der Waals surface area contributed by atoms with Gasteiger partial charge >= 0.3 is 6.18 Å². The highest BCUT2D eigenvalue weighted by Gasteiger charge is 2.32. The van der Waals surface area contributed by atoms with Crippen LogP contribution in [0.5, 0.6) is 0 Å². The molecule has 0 saturated carbocycles. The van der Waals surface area contributed by atoms with Crippen LogP contribution in [0.1, 0.15) is 5.56 Å². The highest BCUT2D eigenvalue weighted by Crippen LogP contribution is 2.30. The average Bonchev–Trinajstić information content (AvgIpc) is 2.16. The molecule has 3 nitrogen and oxygen atoms in total. The van der Waals surface area contributed by atoms with Crippen molar-refractivity contribution >= 4 is 41.7 Å². The number of rotatable bonds is 2. The molecule has 0 unspecified atom stereocenters. The molecule has 0 spiro atoms. The van der Waals surface area contributed by atoms with Crippen LogP contribution in [0.3, 0.4) is 0 Å². The van der Waals surface area contributed by atoms with Crippen LogP contribution < -0.4 is 0 Å². The summed E-state index contributed by atoms with van der Waals surface area (Å²) < 4.78 is 58.3. The molecular weight excluding hydrogens is 379 g/mol. The van der Waals surface area contributed by atoms with Crippen molar-refractivity contribution in [3.8, 4) is 0 Å². The van der Waals surface area contributed by atoms with Gasteiger partial charge in [0, 0.05) is 6.20 Å². The predicted molar refractivity (Wildman–Crippen MR) is 58.1 cm³/mol. The topological polar surface area (TPSA) is 47.0 Å². The van der Waals surface area contributed by atoms with Gasteiger partial charge in [-0.25, -0.2) is 13.4 Å². The van der Waals surface area contributed by atoms with Crippen LogP contribution >= 0.6 is 31.9 Å². The zero-order chi connectivity index (χ0) is 12.6. The maximum absolute atomic E-state index is 12.2. The van der Waals surface area contributed by atoms with Crippen LogP contribution in [0, 0.1) is 0 Å². The number of nitrogens with zero attached hydrogens (tertiary/aromatic N) is 1. The first-order chi connectivity index (χ1) is 7.15. The minimum atomic E-state index is -4.53. The Morgan fingerprint density at radius 3 is 2.12 bits per heavy atom. The number of aromatic nitrogens is 1. The van der Waals surface area contributed by atoms with E-state index in [-0.39, 0.29) is 0 Å². The normalized spacial score (nSPS) is 13.1. The molecule has 0 amide bonds. The number of halogens is 5. The summed E-state index contributed by atoms with van der Waals surface area (Å²) in [7, 11) is -3.78. The van der Waals surface area contributed by atoms with Gasteiger partial charge in [0.2, 0.25) is 9.84 Å². The molecule has 0 radical (unpaired) electrons. The Morgan fingerprint density at radius 1 is 1.25 bits per heavy atom. The van der Waals surface area contributed by atoms with Crippen molar-refractivity contribution in [3.63, 3.8) is 0 Å². The van der Waals surface area contributed by atoms with Crippen LogP contribution in [-0.2, 0) is 16.0 Å². The van der Waals surface area contributed by atoms with Gasteiger partial charge in [-0.15, -0.1) is 0 Å². The second-order valence-corrected chi connectivity index (χ2v) is 8.94. The molecule has 0 atom stereocenters. The largest absolute Gasteiger partial charge is 0.417 e. The Kier molecular flexibility index (Phi) is 4.01. The van der Waals surface area contributed by atoms with Crippen molar-refractivity contribution in [2.45, 2.75) is 14.3 Å². The maximum atomic E-state index is 12.2. The summed E-state index contributed by atoms with van der Waals surface area (Å²) in [4.78, 5) is 3.27. The molecule has 0 aliphatic rings. The van der Waals surface area contributed by atoms with E-state index in [0.717, 1.165) is 6.07 Å². The molecule has 1 rings (SSSR count). The molecule has 0 aliphatic heterocycles. The molecule has 0 aromatic carbocycles. The number of hydrogen-bond acceptors (Lipinski definition) is 3. The number of alkyl halides is 5. The lowest BCUT2D eigenvalue weighted by Gasteiger charge is -2.07. The van der Waals surface area contributed by atoms with E-state index >= 15 is 0 Å². The smallest absolute Gasteiger partial charge is 0.244 e. The highest BCUT2D eigenvalue weighted by molar-refractivity contribution is 9.27. The fourth-order valence-corrected chi connectivity index (χ4v) is 2.60. The lowest BCUT2D eigenvalue weighted by molar-refractivity contribution is -0.137. The summed E-state index contributed by atoms with van der Waals surface area (Å²) in [5, 5.41) is -0.431. The zero-order valence-electron chi connectivity index (χ0n) is 7.37. The number of hydrogen-bond donors (Lipinski definition) is 0. The number of sulfone groups is 1. The standard InChI is InChI=1S/C7H4Br2F3NO2S/c8-6(9)16(14,15)5-2-1-4(3-13-5)7(10,11)12/h1-3,6H. The van der Waals surface area contributed by atoms with E-state index in [2.05, 4.69) is 36.8 Å². The SMILES string of the molecule is O=S(=O)(c1ccc(C(F)(F)F)cn1)C(Br)Br. The van der Waals surface area contributed by atoms with Crippen LogP contribution in [-0.4, -0.2) is 16.5 Å². The third-order valence-electron chi connectivity index (χ3n) is 1.59. The molecule has 0 saturated heterocycles. The summed E-state index contributed by atoms with van der Waals surface area (Å²) in [5.41, 5.74) is -0.993. The van der Waals surface area contributed by atoms with Gasteiger partial charge in [-0.2, -0.15) is 13.2 Å². The summed E-state index contributed by atoms with van der Waals surface area (Å²) in [5.74, 6) is 0. The summed E-state index contributed by atoms with van der Waals surface area (Å²) in [6.07, 6.45) is -4.05. The minimum absolute atomic E-state index is 0.431. The second-order valence-electron chi connectivity index (χ2n) is 2.69. The molecule has 1 aromatic heterocycles. The monoisotopic (exact) mass is 381 g/mol. The van der Waals surface area contributed by atoms with E-state index in [4.69, 9.17) is 0 Å². The van der Waals surface area contributed by atoms with Crippen molar-refractivity contribution in [1.29, 1.82) is 0 Å². The van der Waals surface area contributed by atoms with Crippen molar-refractivity contribution in [3.05, 3.63) is 23.9 Å². The van der Waals surface area contributed by atoms with Crippen LogP contribution in [0.25, 0.3) is 0 Å².